The second kappa shape index (κ2) is 5.17. The fourth-order valence-corrected chi connectivity index (χ4v) is 2.40. The van der Waals surface area contributed by atoms with E-state index in [1.165, 1.54) is 0 Å². The van der Waals surface area contributed by atoms with Crippen molar-refractivity contribution >= 4 is 0 Å². The lowest BCUT2D eigenvalue weighted by Gasteiger charge is -2.35. The van der Waals surface area contributed by atoms with E-state index in [0.29, 0.717) is 6.54 Å². The van der Waals surface area contributed by atoms with Gasteiger partial charge in [-0.15, -0.1) is 0 Å². The van der Waals surface area contributed by atoms with Gasteiger partial charge in [-0.25, -0.2) is 0 Å². The van der Waals surface area contributed by atoms with Crippen LogP contribution in [0.1, 0.15) is 25.3 Å². The number of β-amino-alcohol motifs (C(OH)–C–C–N with tert-alkyl or cyclic N) is 1. The van der Waals surface area contributed by atoms with E-state index in [2.05, 4.69) is 4.90 Å². The highest BCUT2D eigenvalue weighted by Gasteiger charge is 2.28. The van der Waals surface area contributed by atoms with E-state index < -0.39 is 5.60 Å². The molecular weight excluding hydrogens is 214 g/mol. The second-order valence-corrected chi connectivity index (χ2v) is 5.15. The topological polar surface area (TPSA) is 43.7 Å². The van der Waals surface area contributed by atoms with Gasteiger partial charge in [-0.3, -0.25) is 4.90 Å². The molecule has 1 aromatic carbocycles. The summed E-state index contributed by atoms with van der Waals surface area (Å²) < 4.78 is 0. The number of aliphatic hydroxyl groups is 2. The Labute approximate surface area is 103 Å². The third-order valence-corrected chi connectivity index (χ3v) is 3.48. The van der Waals surface area contributed by atoms with Crippen LogP contribution in [0.15, 0.2) is 30.3 Å². The van der Waals surface area contributed by atoms with E-state index >= 15 is 0 Å². The lowest BCUT2D eigenvalue weighted by Crippen LogP contribution is -2.44. The summed E-state index contributed by atoms with van der Waals surface area (Å²) in [5, 5.41) is 20.0. The SMILES string of the molecule is CC(O)(CN1CCC(O)CC1)c1ccccc1. The third kappa shape index (κ3) is 3.28. The van der Waals surface area contributed by atoms with Crippen molar-refractivity contribution in [2.75, 3.05) is 19.6 Å². The Bertz CT molecular complexity index is 342. The molecule has 1 heterocycles. The number of rotatable bonds is 3. The number of piperidine rings is 1. The van der Waals surface area contributed by atoms with Crippen LogP contribution in [-0.2, 0) is 5.60 Å². The van der Waals surface area contributed by atoms with Gasteiger partial charge in [0.05, 0.1) is 11.7 Å². The summed E-state index contributed by atoms with van der Waals surface area (Å²) in [5.74, 6) is 0. The van der Waals surface area contributed by atoms with Crippen LogP contribution in [0.25, 0.3) is 0 Å². The summed E-state index contributed by atoms with van der Waals surface area (Å²) in [6, 6.07) is 9.77. The van der Waals surface area contributed by atoms with Crippen LogP contribution in [0.5, 0.6) is 0 Å². The fourth-order valence-electron chi connectivity index (χ4n) is 2.40. The molecule has 1 saturated heterocycles. The van der Waals surface area contributed by atoms with Crippen LogP contribution in [0.3, 0.4) is 0 Å². The van der Waals surface area contributed by atoms with Crippen molar-refractivity contribution in [2.45, 2.75) is 31.5 Å². The molecule has 0 spiro atoms. The van der Waals surface area contributed by atoms with Crippen LogP contribution in [0.4, 0.5) is 0 Å². The molecule has 1 aromatic rings. The first-order chi connectivity index (χ1) is 8.08. The molecule has 0 aromatic heterocycles. The summed E-state index contributed by atoms with van der Waals surface area (Å²) in [6.45, 7) is 4.21. The molecule has 3 nitrogen and oxygen atoms in total. The quantitative estimate of drug-likeness (QED) is 0.831. The largest absolute Gasteiger partial charge is 0.393 e. The van der Waals surface area contributed by atoms with Crippen molar-refractivity contribution in [3.63, 3.8) is 0 Å². The van der Waals surface area contributed by atoms with Gasteiger partial charge < -0.3 is 10.2 Å². The molecule has 1 atom stereocenters. The summed E-state index contributed by atoms with van der Waals surface area (Å²) in [7, 11) is 0. The number of benzene rings is 1. The normalized spacial score (nSPS) is 22.3. The van der Waals surface area contributed by atoms with E-state index in [0.717, 1.165) is 31.5 Å². The summed E-state index contributed by atoms with van der Waals surface area (Å²) in [5.41, 5.74) is 0.134. The fraction of sp³-hybridized carbons (Fsp3) is 0.571. The molecule has 1 unspecified atom stereocenters. The van der Waals surface area contributed by atoms with Crippen molar-refractivity contribution in [1.29, 1.82) is 0 Å². The molecule has 2 rings (SSSR count). The van der Waals surface area contributed by atoms with Gasteiger partial charge in [-0.05, 0) is 25.3 Å². The highest BCUT2D eigenvalue weighted by atomic mass is 16.3. The predicted octanol–water partition coefficient (Wildman–Crippen LogP) is 1.35. The Hall–Kier alpha value is -0.900. The molecule has 0 amide bonds. The Morgan fingerprint density at radius 1 is 1.24 bits per heavy atom. The molecule has 3 heteroatoms. The third-order valence-electron chi connectivity index (χ3n) is 3.48. The molecule has 17 heavy (non-hydrogen) atoms. The first-order valence-corrected chi connectivity index (χ1v) is 6.26. The van der Waals surface area contributed by atoms with Crippen LogP contribution >= 0.6 is 0 Å². The maximum Gasteiger partial charge on any atom is 0.0994 e. The first kappa shape index (κ1) is 12.6. The maximum absolute atomic E-state index is 10.5. The number of nitrogens with zero attached hydrogens (tertiary/aromatic N) is 1. The van der Waals surface area contributed by atoms with Gasteiger partial charge in [-0.1, -0.05) is 30.3 Å². The Kier molecular flexibility index (Phi) is 3.82. The molecule has 0 bridgehead atoms. The molecule has 0 saturated carbocycles. The van der Waals surface area contributed by atoms with Crippen molar-refractivity contribution in [3.05, 3.63) is 35.9 Å². The van der Waals surface area contributed by atoms with Crippen LogP contribution in [0.2, 0.25) is 0 Å². The van der Waals surface area contributed by atoms with Crippen molar-refractivity contribution in [1.82, 2.24) is 4.90 Å². The summed E-state index contributed by atoms with van der Waals surface area (Å²) in [4.78, 5) is 2.22. The van der Waals surface area contributed by atoms with E-state index in [9.17, 15) is 10.2 Å². The van der Waals surface area contributed by atoms with Crippen molar-refractivity contribution < 1.29 is 10.2 Å². The van der Waals surface area contributed by atoms with Crippen LogP contribution in [0, 0.1) is 0 Å². The van der Waals surface area contributed by atoms with Gasteiger partial charge >= 0.3 is 0 Å². The highest BCUT2D eigenvalue weighted by molar-refractivity contribution is 5.21. The number of hydrogen-bond donors (Lipinski definition) is 2. The molecule has 1 aliphatic rings. The zero-order valence-electron chi connectivity index (χ0n) is 10.3. The number of aliphatic hydroxyl groups excluding tert-OH is 1. The zero-order chi connectivity index (χ0) is 12.3. The van der Waals surface area contributed by atoms with Crippen molar-refractivity contribution in [2.24, 2.45) is 0 Å². The van der Waals surface area contributed by atoms with Crippen LogP contribution < -0.4 is 0 Å². The van der Waals surface area contributed by atoms with Gasteiger partial charge in [0.1, 0.15) is 0 Å². The number of hydrogen-bond acceptors (Lipinski definition) is 3. The molecule has 0 aliphatic carbocycles. The molecule has 2 N–H and O–H groups in total. The molecular formula is C14H21NO2. The second-order valence-electron chi connectivity index (χ2n) is 5.15. The average Bonchev–Trinajstić information content (AvgIpc) is 2.33. The molecule has 0 radical (unpaired) electrons. The molecule has 94 valence electrons. The Morgan fingerprint density at radius 2 is 1.82 bits per heavy atom. The standard InChI is InChI=1S/C14H21NO2/c1-14(17,12-5-3-2-4-6-12)11-15-9-7-13(16)8-10-15/h2-6,13,16-17H,7-11H2,1H3. The van der Waals surface area contributed by atoms with Crippen LogP contribution in [-0.4, -0.2) is 40.9 Å². The minimum absolute atomic E-state index is 0.159. The van der Waals surface area contributed by atoms with Gasteiger partial charge in [0.15, 0.2) is 0 Å². The summed E-state index contributed by atoms with van der Waals surface area (Å²) in [6.07, 6.45) is 1.46. The monoisotopic (exact) mass is 235 g/mol. The Balaban J connectivity index is 1.98. The molecule has 1 aliphatic heterocycles. The van der Waals surface area contributed by atoms with Gasteiger partial charge in [0, 0.05) is 19.6 Å². The van der Waals surface area contributed by atoms with Gasteiger partial charge in [0.2, 0.25) is 0 Å². The lowest BCUT2D eigenvalue weighted by molar-refractivity contribution is -0.00558. The van der Waals surface area contributed by atoms with E-state index in [1.807, 2.05) is 37.3 Å². The van der Waals surface area contributed by atoms with Crippen molar-refractivity contribution in [3.8, 4) is 0 Å². The van der Waals surface area contributed by atoms with Gasteiger partial charge in [-0.2, -0.15) is 0 Å². The van der Waals surface area contributed by atoms with Gasteiger partial charge in [0.25, 0.3) is 0 Å². The minimum Gasteiger partial charge on any atom is -0.393 e. The Morgan fingerprint density at radius 3 is 2.41 bits per heavy atom. The summed E-state index contributed by atoms with van der Waals surface area (Å²) >= 11 is 0. The van der Waals surface area contributed by atoms with E-state index in [1.54, 1.807) is 0 Å². The zero-order valence-corrected chi connectivity index (χ0v) is 10.3. The number of likely N-dealkylation sites (tertiary alicyclic amines) is 1. The highest BCUT2D eigenvalue weighted by Crippen LogP contribution is 2.23. The maximum atomic E-state index is 10.5. The van der Waals surface area contributed by atoms with E-state index in [-0.39, 0.29) is 6.10 Å². The smallest absolute Gasteiger partial charge is 0.0994 e. The molecule has 1 fully saturated rings. The minimum atomic E-state index is -0.816. The van der Waals surface area contributed by atoms with E-state index in [4.69, 9.17) is 0 Å². The first-order valence-electron chi connectivity index (χ1n) is 6.26. The average molecular weight is 235 g/mol. The predicted molar refractivity (Wildman–Crippen MR) is 67.7 cm³/mol. The lowest BCUT2D eigenvalue weighted by atomic mass is 9.94.